The van der Waals surface area contributed by atoms with Crippen molar-refractivity contribution < 1.29 is 18.0 Å². The van der Waals surface area contributed by atoms with Gasteiger partial charge in [0.05, 0.1) is 11.9 Å². The van der Waals surface area contributed by atoms with Crippen LogP contribution in [0, 0.1) is 20.8 Å². The molecule has 34 heavy (non-hydrogen) atoms. The van der Waals surface area contributed by atoms with E-state index in [9.17, 15) is 18.0 Å². The number of aryl methyl sites for hydroxylation is 3. The number of nitrogens with one attached hydrogen (secondary N) is 1. The number of likely N-dealkylation sites (N-methyl/N-ethyl adjacent to an activating group) is 1. The van der Waals surface area contributed by atoms with Gasteiger partial charge in [0.1, 0.15) is 6.04 Å². The fourth-order valence-electron chi connectivity index (χ4n) is 3.88. The van der Waals surface area contributed by atoms with E-state index in [0.29, 0.717) is 25.2 Å². The molecule has 0 bridgehead atoms. The van der Waals surface area contributed by atoms with E-state index in [1.54, 1.807) is 11.8 Å². The van der Waals surface area contributed by atoms with E-state index in [1.807, 2.05) is 70.2 Å². The summed E-state index contributed by atoms with van der Waals surface area (Å²) in [7, 11) is -3.52. The first-order chi connectivity index (χ1) is 15.9. The first kappa shape index (κ1) is 27.4. The number of sulfonamides is 1. The van der Waals surface area contributed by atoms with Gasteiger partial charge in [0.25, 0.3) is 0 Å². The van der Waals surface area contributed by atoms with Crippen molar-refractivity contribution in [2.24, 2.45) is 0 Å². The fourth-order valence-corrected chi connectivity index (χ4v) is 4.90. The van der Waals surface area contributed by atoms with Crippen LogP contribution in [0.15, 0.2) is 42.5 Å². The lowest BCUT2D eigenvalue weighted by atomic mass is 10.1. The van der Waals surface area contributed by atoms with Gasteiger partial charge in [-0.1, -0.05) is 42.0 Å². The molecule has 0 spiro atoms. The molecule has 0 saturated heterocycles. The van der Waals surface area contributed by atoms with Gasteiger partial charge in [-0.25, -0.2) is 8.42 Å². The van der Waals surface area contributed by atoms with Crippen LogP contribution in [0.2, 0.25) is 0 Å². The number of hydrogen-bond donors (Lipinski definition) is 1. The third kappa shape index (κ3) is 7.58. The van der Waals surface area contributed by atoms with Gasteiger partial charge >= 0.3 is 0 Å². The molecule has 7 nitrogen and oxygen atoms in total. The van der Waals surface area contributed by atoms with Gasteiger partial charge in [-0.3, -0.25) is 13.9 Å². The molecule has 0 aromatic heterocycles. The molecular formula is C26H37N3O4S. The summed E-state index contributed by atoms with van der Waals surface area (Å²) in [6, 6.07) is 12.9. The summed E-state index contributed by atoms with van der Waals surface area (Å²) in [6.07, 6.45) is 1.65. The SMILES string of the molecule is CCNC(=O)C(C)N(Cc1cccc(C)c1)C(=O)CCCN(c1cc(C)ccc1C)S(C)(=O)=O. The highest BCUT2D eigenvalue weighted by atomic mass is 32.2. The molecule has 8 heteroatoms. The maximum atomic E-state index is 13.2. The fraction of sp³-hybridized carbons (Fsp3) is 0.462. The van der Waals surface area contributed by atoms with Crippen LogP contribution in [0.3, 0.4) is 0 Å². The quantitative estimate of drug-likeness (QED) is 0.523. The molecule has 2 rings (SSSR count). The predicted molar refractivity (Wildman–Crippen MR) is 137 cm³/mol. The van der Waals surface area contributed by atoms with Crippen LogP contribution in [-0.4, -0.2) is 50.5 Å². The van der Waals surface area contributed by atoms with Crippen LogP contribution >= 0.6 is 0 Å². The number of amides is 2. The van der Waals surface area contributed by atoms with E-state index in [0.717, 1.165) is 22.3 Å². The molecule has 0 aliphatic carbocycles. The third-order valence-electron chi connectivity index (χ3n) is 5.74. The maximum Gasteiger partial charge on any atom is 0.242 e. The van der Waals surface area contributed by atoms with Gasteiger partial charge in [-0.2, -0.15) is 0 Å². The Labute approximate surface area is 204 Å². The zero-order chi connectivity index (χ0) is 25.5. The molecule has 0 aliphatic rings. The largest absolute Gasteiger partial charge is 0.355 e. The van der Waals surface area contributed by atoms with Gasteiger partial charge < -0.3 is 10.2 Å². The number of benzene rings is 2. The average molecular weight is 488 g/mol. The maximum absolute atomic E-state index is 13.2. The average Bonchev–Trinajstić information content (AvgIpc) is 2.75. The Morgan fingerprint density at radius 2 is 1.71 bits per heavy atom. The molecule has 1 atom stereocenters. The van der Waals surface area contributed by atoms with Crippen molar-refractivity contribution in [3.63, 3.8) is 0 Å². The standard InChI is InChI=1S/C26H37N3O4S/c1-7-27-26(31)22(5)28(18-23-11-8-10-19(2)16-23)25(30)12-9-15-29(34(6,32)33)24-17-20(3)13-14-21(24)4/h8,10-11,13-14,16-17,22H,7,9,12,15,18H2,1-6H3,(H,27,31). The van der Waals surface area contributed by atoms with Crippen molar-refractivity contribution in [1.82, 2.24) is 10.2 Å². The van der Waals surface area contributed by atoms with Crippen molar-refractivity contribution in [3.8, 4) is 0 Å². The van der Waals surface area contributed by atoms with Crippen molar-refractivity contribution in [2.75, 3.05) is 23.7 Å². The summed E-state index contributed by atoms with van der Waals surface area (Å²) >= 11 is 0. The monoisotopic (exact) mass is 487 g/mol. The molecule has 0 heterocycles. The third-order valence-corrected chi connectivity index (χ3v) is 6.92. The van der Waals surface area contributed by atoms with E-state index >= 15 is 0 Å². The number of carbonyl (C=O) groups excluding carboxylic acids is 2. The lowest BCUT2D eigenvalue weighted by molar-refractivity contribution is -0.140. The Hall–Kier alpha value is -2.87. The minimum Gasteiger partial charge on any atom is -0.355 e. The number of hydrogen-bond acceptors (Lipinski definition) is 4. The molecular weight excluding hydrogens is 450 g/mol. The van der Waals surface area contributed by atoms with Gasteiger partial charge in [0, 0.05) is 26.1 Å². The number of nitrogens with zero attached hydrogens (tertiary/aromatic N) is 2. The van der Waals surface area contributed by atoms with Crippen molar-refractivity contribution in [3.05, 3.63) is 64.7 Å². The summed E-state index contributed by atoms with van der Waals surface area (Å²) in [6.45, 7) is 10.3. The highest BCUT2D eigenvalue weighted by molar-refractivity contribution is 7.92. The molecule has 0 radical (unpaired) electrons. The molecule has 186 valence electrons. The van der Waals surface area contributed by atoms with Crippen LogP contribution in [0.1, 0.15) is 48.9 Å². The highest BCUT2D eigenvalue weighted by Crippen LogP contribution is 2.24. The molecule has 2 aromatic rings. The molecule has 0 aliphatic heterocycles. The lowest BCUT2D eigenvalue weighted by Crippen LogP contribution is -2.47. The Kier molecular flexibility index (Phi) is 9.67. The zero-order valence-electron chi connectivity index (χ0n) is 21.1. The summed E-state index contributed by atoms with van der Waals surface area (Å²) in [5, 5.41) is 2.78. The van der Waals surface area contributed by atoms with Crippen LogP contribution in [0.25, 0.3) is 0 Å². The number of anilines is 1. The van der Waals surface area contributed by atoms with Crippen LogP contribution in [0.5, 0.6) is 0 Å². The van der Waals surface area contributed by atoms with Crippen LogP contribution < -0.4 is 9.62 Å². The van der Waals surface area contributed by atoms with E-state index in [1.165, 1.54) is 10.6 Å². The van der Waals surface area contributed by atoms with E-state index in [4.69, 9.17) is 0 Å². The van der Waals surface area contributed by atoms with E-state index in [2.05, 4.69) is 5.32 Å². The smallest absolute Gasteiger partial charge is 0.242 e. The second-order valence-electron chi connectivity index (χ2n) is 8.81. The topological polar surface area (TPSA) is 86.8 Å². The van der Waals surface area contributed by atoms with Crippen molar-refractivity contribution in [1.29, 1.82) is 0 Å². The Morgan fingerprint density at radius 3 is 2.32 bits per heavy atom. The first-order valence-corrected chi connectivity index (χ1v) is 13.5. The summed E-state index contributed by atoms with van der Waals surface area (Å²) in [5.74, 6) is -0.397. The molecule has 1 N–H and O–H groups in total. The van der Waals surface area contributed by atoms with E-state index < -0.39 is 16.1 Å². The molecule has 2 amide bonds. The Morgan fingerprint density at radius 1 is 1.03 bits per heavy atom. The van der Waals surface area contributed by atoms with Crippen LogP contribution in [-0.2, 0) is 26.2 Å². The summed E-state index contributed by atoms with van der Waals surface area (Å²) in [4.78, 5) is 27.3. The summed E-state index contributed by atoms with van der Waals surface area (Å²) in [5.41, 5.74) is 4.46. The predicted octanol–water partition coefficient (Wildman–Crippen LogP) is 3.71. The second-order valence-corrected chi connectivity index (χ2v) is 10.7. The lowest BCUT2D eigenvalue weighted by Gasteiger charge is -2.29. The van der Waals surface area contributed by atoms with Crippen molar-refractivity contribution >= 4 is 27.5 Å². The molecule has 2 aromatic carbocycles. The summed E-state index contributed by atoms with van der Waals surface area (Å²) < 4.78 is 26.4. The molecule has 1 unspecified atom stereocenters. The van der Waals surface area contributed by atoms with Gasteiger partial charge in [-0.05, 0) is 63.8 Å². The van der Waals surface area contributed by atoms with Gasteiger partial charge in [-0.15, -0.1) is 0 Å². The normalized spacial score (nSPS) is 12.2. The van der Waals surface area contributed by atoms with Gasteiger partial charge in [0.15, 0.2) is 0 Å². The van der Waals surface area contributed by atoms with Gasteiger partial charge in [0.2, 0.25) is 21.8 Å². The second kappa shape index (κ2) is 12.0. The van der Waals surface area contributed by atoms with Crippen molar-refractivity contribution in [2.45, 2.75) is 60.0 Å². The molecule has 0 fully saturated rings. The van der Waals surface area contributed by atoms with E-state index in [-0.39, 0.29) is 24.8 Å². The Balaban J connectivity index is 2.19. The Bertz CT molecular complexity index is 1110. The first-order valence-electron chi connectivity index (χ1n) is 11.6. The highest BCUT2D eigenvalue weighted by Gasteiger charge is 2.26. The zero-order valence-corrected chi connectivity index (χ0v) is 21.9. The van der Waals surface area contributed by atoms with Crippen LogP contribution in [0.4, 0.5) is 5.69 Å². The number of carbonyl (C=O) groups is 2. The minimum absolute atomic E-state index is 0.131. The minimum atomic E-state index is -3.52. The molecule has 0 saturated carbocycles. The number of rotatable bonds is 11.